The van der Waals surface area contributed by atoms with Crippen LogP contribution in [0.1, 0.15) is 17.0 Å². The first-order valence-electron chi connectivity index (χ1n) is 8.52. The Morgan fingerprint density at radius 3 is 2.24 bits per heavy atom. The summed E-state index contributed by atoms with van der Waals surface area (Å²) in [5.74, 6) is 0.859. The number of hydrogen-bond acceptors (Lipinski definition) is 1. The largest absolute Gasteiger partial charge is 0.323 e. The van der Waals surface area contributed by atoms with E-state index < -0.39 is 0 Å². The van der Waals surface area contributed by atoms with Gasteiger partial charge < -0.3 is 4.57 Å². The van der Waals surface area contributed by atoms with Gasteiger partial charge in [0.2, 0.25) is 0 Å². The summed E-state index contributed by atoms with van der Waals surface area (Å²) in [6.07, 6.45) is 1.83. The van der Waals surface area contributed by atoms with Crippen molar-refractivity contribution in [2.45, 2.75) is 19.4 Å². The number of imidazole rings is 1. The monoisotopic (exact) mass is 330 g/mol. The first-order chi connectivity index (χ1) is 12.3. The van der Waals surface area contributed by atoms with Gasteiger partial charge in [-0.3, -0.25) is 0 Å². The lowest BCUT2D eigenvalue weighted by molar-refractivity contribution is 0.626. The van der Waals surface area contributed by atoms with Gasteiger partial charge in [0, 0.05) is 13.0 Å². The van der Waals surface area contributed by atoms with E-state index in [-0.39, 0.29) is 5.82 Å². The van der Waals surface area contributed by atoms with Gasteiger partial charge in [0.15, 0.2) is 0 Å². The van der Waals surface area contributed by atoms with Crippen LogP contribution in [0.5, 0.6) is 0 Å². The van der Waals surface area contributed by atoms with E-state index in [2.05, 4.69) is 34.9 Å². The third kappa shape index (κ3) is 3.45. The fourth-order valence-corrected chi connectivity index (χ4v) is 3.17. The highest BCUT2D eigenvalue weighted by Gasteiger charge is 2.11. The molecular formula is C22H19FN2. The summed E-state index contributed by atoms with van der Waals surface area (Å²) in [6, 6.07) is 25.3. The highest BCUT2D eigenvalue weighted by molar-refractivity contribution is 5.76. The van der Waals surface area contributed by atoms with Crippen molar-refractivity contribution in [1.82, 2.24) is 9.55 Å². The lowest BCUT2D eigenvalue weighted by Crippen LogP contribution is -2.06. The molecule has 3 aromatic carbocycles. The summed E-state index contributed by atoms with van der Waals surface area (Å²) >= 11 is 0. The van der Waals surface area contributed by atoms with E-state index in [0.717, 1.165) is 35.3 Å². The predicted molar refractivity (Wildman–Crippen MR) is 99.1 cm³/mol. The van der Waals surface area contributed by atoms with Crippen LogP contribution in [0.3, 0.4) is 0 Å². The normalized spacial score (nSPS) is 11.1. The highest BCUT2D eigenvalue weighted by atomic mass is 19.1. The van der Waals surface area contributed by atoms with E-state index in [1.165, 1.54) is 17.7 Å². The van der Waals surface area contributed by atoms with E-state index in [1.807, 2.05) is 36.4 Å². The van der Waals surface area contributed by atoms with E-state index in [4.69, 9.17) is 4.98 Å². The molecule has 0 atom stereocenters. The number of halogens is 1. The SMILES string of the molecule is Fc1ccc(Cn2c(CCc3ccccc3)nc3ccccc32)cc1. The molecule has 0 spiro atoms. The van der Waals surface area contributed by atoms with Crippen molar-refractivity contribution < 1.29 is 4.39 Å². The summed E-state index contributed by atoms with van der Waals surface area (Å²) < 4.78 is 15.4. The number of para-hydroxylation sites is 2. The lowest BCUT2D eigenvalue weighted by atomic mass is 10.1. The van der Waals surface area contributed by atoms with Crippen LogP contribution >= 0.6 is 0 Å². The minimum Gasteiger partial charge on any atom is -0.323 e. The molecule has 0 unspecified atom stereocenters. The van der Waals surface area contributed by atoms with Gasteiger partial charge in [-0.1, -0.05) is 54.6 Å². The Balaban J connectivity index is 1.66. The zero-order chi connectivity index (χ0) is 17.1. The topological polar surface area (TPSA) is 17.8 Å². The smallest absolute Gasteiger partial charge is 0.123 e. The minimum absolute atomic E-state index is 0.205. The van der Waals surface area contributed by atoms with Gasteiger partial charge >= 0.3 is 0 Å². The van der Waals surface area contributed by atoms with Gasteiger partial charge in [-0.05, 0) is 41.8 Å². The molecule has 0 N–H and O–H groups in total. The molecular weight excluding hydrogens is 311 g/mol. The second kappa shape index (κ2) is 6.89. The Morgan fingerprint density at radius 1 is 0.720 bits per heavy atom. The molecule has 0 radical (unpaired) electrons. The fourth-order valence-electron chi connectivity index (χ4n) is 3.17. The molecule has 25 heavy (non-hydrogen) atoms. The van der Waals surface area contributed by atoms with Crippen molar-refractivity contribution in [2.75, 3.05) is 0 Å². The first-order valence-corrected chi connectivity index (χ1v) is 8.52. The second-order valence-electron chi connectivity index (χ2n) is 6.21. The molecule has 4 rings (SSSR count). The Morgan fingerprint density at radius 2 is 1.44 bits per heavy atom. The molecule has 3 heteroatoms. The van der Waals surface area contributed by atoms with Gasteiger partial charge in [-0.15, -0.1) is 0 Å². The summed E-state index contributed by atoms with van der Waals surface area (Å²) in [6.45, 7) is 0.699. The summed E-state index contributed by atoms with van der Waals surface area (Å²) in [5.41, 5.74) is 4.51. The average Bonchev–Trinajstić information content (AvgIpc) is 3.00. The highest BCUT2D eigenvalue weighted by Crippen LogP contribution is 2.19. The van der Waals surface area contributed by atoms with Crippen LogP contribution in [0.15, 0.2) is 78.9 Å². The van der Waals surface area contributed by atoms with Gasteiger partial charge in [0.05, 0.1) is 11.0 Å². The quantitative estimate of drug-likeness (QED) is 0.503. The Hall–Kier alpha value is -2.94. The summed E-state index contributed by atoms with van der Waals surface area (Å²) in [7, 11) is 0. The zero-order valence-electron chi connectivity index (χ0n) is 13.9. The van der Waals surface area contributed by atoms with Crippen LogP contribution in [0.2, 0.25) is 0 Å². The standard InChI is InChI=1S/C22H19FN2/c23-19-13-10-18(11-14-19)16-25-21-9-5-4-8-20(21)24-22(25)15-12-17-6-2-1-3-7-17/h1-11,13-14H,12,15-16H2. The molecule has 0 bridgehead atoms. The van der Waals surface area contributed by atoms with E-state index in [9.17, 15) is 4.39 Å². The number of benzene rings is 3. The predicted octanol–water partition coefficient (Wildman–Crippen LogP) is 5.01. The van der Waals surface area contributed by atoms with Crippen molar-refractivity contribution in [2.24, 2.45) is 0 Å². The molecule has 2 nitrogen and oxygen atoms in total. The van der Waals surface area contributed by atoms with Crippen molar-refractivity contribution in [3.8, 4) is 0 Å². The molecule has 0 saturated heterocycles. The zero-order valence-corrected chi connectivity index (χ0v) is 13.9. The molecule has 0 aliphatic rings. The van der Waals surface area contributed by atoms with E-state index in [0.29, 0.717) is 6.54 Å². The molecule has 1 heterocycles. The number of aromatic nitrogens is 2. The van der Waals surface area contributed by atoms with Crippen molar-refractivity contribution in [3.05, 3.63) is 102 Å². The third-order valence-electron chi connectivity index (χ3n) is 4.47. The number of hydrogen-bond donors (Lipinski definition) is 0. The number of aryl methyl sites for hydroxylation is 2. The van der Waals surface area contributed by atoms with Crippen LogP contribution in [-0.4, -0.2) is 9.55 Å². The van der Waals surface area contributed by atoms with Gasteiger partial charge in [0.1, 0.15) is 11.6 Å². The number of fused-ring (bicyclic) bond motifs is 1. The molecule has 0 aliphatic heterocycles. The minimum atomic E-state index is -0.205. The van der Waals surface area contributed by atoms with Gasteiger partial charge in [0.25, 0.3) is 0 Å². The maximum absolute atomic E-state index is 13.2. The van der Waals surface area contributed by atoms with Crippen LogP contribution in [0.4, 0.5) is 4.39 Å². The summed E-state index contributed by atoms with van der Waals surface area (Å²) in [4.78, 5) is 4.83. The summed E-state index contributed by atoms with van der Waals surface area (Å²) in [5, 5.41) is 0. The molecule has 0 fully saturated rings. The van der Waals surface area contributed by atoms with Gasteiger partial charge in [-0.2, -0.15) is 0 Å². The maximum Gasteiger partial charge on any atom is 0.123 e. The Labute approximate surface area is 146 Å². The van der Waals surface area contributed by atoms with Crippen LogP contribution in [0.25, 0.3) is 11.0 Å². The fraction of sp³-hybridized carbons (Fsp3) is 0.136. The van der Waals surface area contributed by atoms with Crippen LogP contribution in [-0.2, 0) is 19.4 Å². The van der Waals surface area contributed by atoms with Crippen molar-refractivity contribution >= 4 is 11.0 Å². The molecule has 1 aromatic heterocycles. The number of rotatable bonds is 5. The molecule has 0 amide bonds. The van der Waals surface area contributed by atoms with Crippen LogP contribution in [0, 0.1) is 5.82 Å². The van der Waals surface area contributed by atoms with Crippen LogP contribution < -0.4 is 0 Å². The number of nitrogens with zero attached hydrogens (tertiary/aromatic N) is 2. The van der Waals surface area contributed by atoms with Gasteiger partial charge in [-0.25, -0.2) is 9.37 Å². The molecule has 0 aliphatic carbocycles. The second-order valence-corrected chi connectivity index (χ2v) is 6.21. The third-order valence-corrected chi connectivity index (χ3v) is 4.47. The maximum atomic E-state index is 13.2. The lowest BCUT2D eigenvalue weighted by Gasteiger charge is -2.10. The Bertz CT molecular complexity index is 972. The molecule has 0 saturated carbocycles. The first kappa shape index (κ1) is 15.6. The van der Waals surface area contributed by atoms with Crippen molar-refractivity contribution in [3.63, 3.8) is 0 Å². The average molecular weight is 330 g/mol. The molecule has 124 valence electrons. The molecule has 4 aromatic rings. The Kier molecular flexibility index (Phi) is 4.30. The van der Waals surface area contributed by atoms with E-state index in [1.54, 1.807) is 0 Å². The van der Waals surface area contributed by atoms with Crippen molar-refractivity contribution in [1.29, 1.82) is 0 Å². The van der Waals surface area contributed by atoms with E-state index >= 15 is 0 Å².